The number of halogens is 1. The molecule has 0 spiro atoms. The van der Waals surface area contributed by atoms with Gasteiger partial charge in [-0.25, -0.2) is 15.8 Å². The quantitative estimate of drug-likeness (QED) is 0.414. The number of thioether (sulfide) groups is 1. The summed E-state index contributed by atoms with van der Waals surface area (Å²) in [6.45, 7) is 0. The van der Waals surface area contributed by atoms with Crippen molar-refractivity contribution in [1.82, 2.24) is 9.97 Å². The highest BCUT2D eigenvalue weighted by atomic mass is 79.9. The molecular formula is C13H11BrN4S2. The van der Waals surface area contributed by atoms with Gasteiger partial charge in [0.15, 0.2) is 5.82 Å². The molecule has 0 amide bonds. The maximum Gasteiger partial charge on any atom is 0.152 e. The van der Waals surface area contributed by atoms with Gasteiger partial charge in [0.2, 0.25) is 0 Å². The molecule has 4 nitrogen and oxygen atoms in total. The summed E-state index contributed by atoms with van der Waals surface area (Å²) in [6, 6.07) is 10.2. The summed E-state index contributed by atoms with van der Waals surface area (Å²) >= 11 is 6.72. The van der Waals surface area contributed by atoms with Gasteiger partial charge >= 0.3 is 0 Å². The van der Waals surface area contributed by atoms with E-state index in [1.54, 1.807) is 23.1 Å². The van der Waals surface area contributed by atoms with Crippen LogP contribution < -0.4 is 11.3 Å². The lowest BCUT2D eigenvalue weighted by molar-refractivity contribution is 1.06. The molecule has 102 valence electrons. The first-order valence-electron chi connectivity index (χ1n) is 5.85. The second-order valence-corrected chi connectivity index (χ2v) is 6.87. The van der Waals surface area contributed by atoms with Crippen molar-refractivity contribution >= 4 is 55.1 Å². The number of hydrazine groups is 1. The van der Waals surface area contributed by atoms with Crippen molar-refractivity contribution in [2.45, 2.75) is 10.6 Å². The van der Waals surface area contributed by atoms with Gasteiger partial charge in [0, 0.05) is 9.37 Å². The minimum absolute atomic E-state index is 0.683. The number of thiophene rings is 1. The molecule has 0 unspecified atom stereocenters. The van der Waals surface area contributed by atoms with Gasteiger partial charge in [-0.2, -0.15) is 0 Å². The second kappa shape index (κ2) is 6.09. The zero-order valence-corrected chi connectivity index (χ0v) is 13.6. The van der Waals surface area contributed by atoms with E-state index in [4.69, 9.17) is 5.84 Å². The Balaban J connectivity index is 1.81. The van der Waals surface area contributed by atoms with Crippen LogP contribution in [0.4, 0.5) is 5.82 Å². The van der Waals surface area contributed by atoms with Crippen molar-refractivity contribution in [2.24, 2.45) is 5.84 Å². The Morgan fingerprint density at radius 3 is 2.75 bits per heavy atom. The number of anilines is 1. The number of hydrogen-bond donors (Lipinski definition) is 2. The molecule has 7 heteroatoms. The van der Waals surface area contributed by atoms with Crippen LogP contribution in [-0.4, -0.2) is 9.97 Å². The number of nitrogens with zero attached hydrogens (tertiary/aromatic N) is 2. The molecule has 0 saturated heterocycles. The predicted octanol–water partition coefficient (Wildman–Crippen LogP) is 4.03. The Morgan fingerprint density at radius 2 is 2.00 bits per heavy atom. The van der Waals surface area contributed by atoms with Crippen LogP contribution >= 0.6 is 39.0 Å². The molecule has 3 aromatic rings. The summed E-state index contributed by atoms with van der Waals surface area (Å²) in [4.78, 5) is 11.2. The SMILES string of the molecule is NNc1nc(CSc2ccc(Br)cc2)nc2sccc12. The van der Waals surface area contributed by atoms with Crippen LogP contribution in [0.2, 0.25) is 0 Å². The van der Waals surface area contributed by atoms with Gasteiger partial charge in [-0.3, -0.25) is 0 Å². The maximum atomic E-state index is 5.52. The van der Waals surface area contributed by atoms with Crippen molar-refractivity contribution in [3.63, 3.8) is 0 Å². The lowest BCUT2D eigenvalue weighted by Gasteiger charge is -2.05. The molecular weight excluding hydrogens is 356 g/mol. The molecule has 0 aliphatic rings. The Bertz CT molecular complexity index is 727. The summed E-state index contributed by atoms with van der Waals surface area (Å²) in [5.41, 5.74) is 2.64. The molecule has 1 aromatic carbocycles. The van der Waals surface area contributed by atoms with E-state index >= 15 is 0 Å². The van der Waals surface area contributed by atoms with E-state index in [2.05, 4.69) is 43.5 Å². The Kier molecular flexibility index (Phi) is 4.21. The van der Waals surface area contributed by atoms with Gasteiger partial charge in [0.1, 0.15) is 10.7 Å². The third-order valence-corrected chi connectivity index (χ3v) is 5.03. The molecule has 0 bridgehead atoms. The monoisotopic (exact) mass is 366 g/mol. The fourth-order valence-corrected chi connectivity index (χ4v) is 3.55. The fraction of sp³-hybridized carbons (Fsp3) is 0.0769. The number of rotatable bonds is 4. The highest BCUT2D eigenvalue weighted by molar-refractivity contribution is 9.10. The average molecular weight is 367 g/mol. The van der Waals surface area contributed by atoms with Gasteiger partial charge in [-0.05, 0) is 35.7 Å². The summed E-state index contributed by atoms with van der Waals surface area (Å²) < 4.78 is 1.08. The van der Waals surface area contributed by atoms with Crippen LogP contribution in [0.1, 0.15) is 5.82 Å². The highest BCUT2D eigenvalue weighted by Gasteiger charge is 2.08. The summed E-state index contributed by atoms with van der Waals surface area (Å²) in [5, 5.41) is 2.96. The predicted molar refractivity (Wildman–Crippen MR) is 88.9 cm³/mol. The largest absolute Gasteiger partial charge is 0.308 e. The van der Waals surface area contributed by atoms with Crippen LogP contribution in [0.3, 0.4) is 0 Å². The van der Waals surface area contributed by atoms with Gasteiger partial charge < -0.3 is 5.43 Å². The molecule has 0 aliphatic heterocycles. The first kappa shape index (κ1) is 13.8. The third kappa shape index (κ3) is 2.95. The third-order valence-electron chi connectivity index (χ3n) is 2.69. The van der Waals surface area contributed by atoms with Crippen LogP contribution in [0.5, 0.6) is 0 Å². The smallest absolute Gasteiger partial charge is 0.152 e. The summed E-state index contributed by atoms with van der Waals surface area (Å²) in [5.74, 6) is 7.69. The summed E-state index contributed by atoms with van der Waals surface area (Å²) in [6.07, 6.45) is 0. The number of nitrogens with two attached hydrogens (primary N) is 1. The van der Waals surface area contributed by atoms with Crippen molar-refractivity contribution in [3.8, 4) is 0 Å². The van der Waals surface area contributed by atoms with E-state index in [1.165, 1.54) is 4.90 Å². The molecule has 0 radical (unpaired) electrons. The van der Waals surface area contributed by atoms with Gasteiger partial charge in [-0.1, -0.05) is 15.9 Å². The van der Waals surface area contributed by atoms with Crippen molar-refractivity contribution < 1.29 is 0 Å². The number of fused-ring (bicyclic) bond motifs is 1. The number of aromatic nitrogens is 2. The molecule has 0 saturated carbocycles. The number of nitrogen functional groups attached to an aromatic ring is 1. The molecule has 20 heavy (non-hydrogen) atoms. The lowest BCUT2D eigenvalue weighted by atomic mass is 10.4. The number of benzene rings is 1. The molecule has 0 aliphatic carbocycles. The maximum absolute atomic E-state index is 5.52. The minimum atomic E-state index is 0.683. The van der Waals surface area contributed by atoms with Crippen LogP contribution in [0.25, 0.3) is 10.2 Å². The zero-order valence-electron chi connectivity index (χ0n) is 10.3. The van der Waals surface area contributed by atoms with E-state index in [9.17, 15) is 0 Å². The van der Waals surface area contributed by atoms with E-state index in [0.29, 0.717) is 11.6 Å². The second-order valence-electron chi connectivity index (χ2n) is 4.01. The summed E-state index contributed by atoms with van der Waals surface area (Å²) in [7, 11) is 0. The minimum Gasteiger partial charge on any atom is -0.308 e. The molecule has 0 fully saturated rings. The standard InChI is InChI=1S/C13H11BrN4S2/c14-8-1-3-9(4-2-8)20-7-11-16-12(18-15)10-5-6-19-13(10)17-11/h1-6H,7,15H2,(H,16,17,18). The molecule has 0 atom stereocenters. The van der Waals surface area contributed by atoms with Gasteiger partial charge in [0.05, 0.1) is 11.1 Å². The van der Waals surface area contributed by atoms with E-state index in [1.807, 2.05) is 23.6 Å². The lowest BCUT2D eigenvalue weighted by Crippen LogP contribution is -2.10. The first-order chi connectivity index (χ1) is 9.76. The van der Waals surface area contributed by atoms with Crippen molar-refractivity contribution in [2.75, 3.05) is 5.43 Å². The molecule has 3 N–H and O–H groups in total. The Morgan fingerprint density at radius 1 is 1.20 bits per heavy atom. The van der Waals surface area contributed by atoms with E-state index in [0.717, 1.165) is 20.5 Å². The average Bonchev–Trinajstić information content (AvgIpc) is 2.94. The first-order valence-corrected chi connectivity index (χ1v) is 8.51. The number of hydrogen-bond acceptors (Lipinski definition) is 6. The number of nitrogens with one attached hydrogen (secondary N) is 1. The van der Waals surface area contributed by atoms with Crippen LogP contribution in [-0.2, 0) is 5.75 Å². The van der Waals surface area contributed by atoms with Crippen molar-refractivity contribution in [3.05, 3.63) is 46.0 Å². The zero-order chi connectivity index (χ0) is 13.9. The highest BCUT2D eigenvalue weighted by Crippen LogP contribution is 2.27. The Hall–Kier alpha value is -1.15. The van der Waals surface area contributed by atoms with Gasteiger partial charge in [0.25, 0.3) is 0 Å². The van der Waals surface area contributed by atoms with Crippen LogP contribution in [0, 0.1) is 0 Å². The molecule has 3 rings (SSSR count). The van der Waals surface area contributed by atoms with E-state index in [-0.39, 0.29) is 0 Å². The molecule has 2 heterocycles. The Labute approximate surface area is 132 Å². The molecule has 2 aromatic heterocycles. The fourth-order valence-electron chi connectivity index (χ4n) is 1.75. The van der Waals surface area contributed by atoms with Gasteiger partial charge in [-0.15, -0.1) is 23.1 Å². The van der Waals surface area contributed by atoms with E-state index < -0.39 is 0 Å². The normalized spacial score (nSPS) is 10.9. The van der Waals surface area contributed by atoms with Crippen LogP contribution in [0.15, 0.2) is 45.1 Å². The topological polar surface area (TPSA) is 63.8 Å². The van der Waals surface area contributed by atoms with Crippen molar-refractivity contribution in [1.29, 1.82) is 0 Å².